The maximum absolute atomic E-state index is 11.3. The quantitative estimate of drug-likeness (QED) is 0.495. The largest absolute Gasteiger partial charge is 0.481 e. The Bertz CT molecular complexity index is 1300. The molecule has 2 aliphatic carbocycles. The molecule has 0 radical (unpaired) electrons. The Labute approximate surface area is 206 Å². The summed E-state index contributed by atoms with van der Waals surface area (Å²) in [6.07, 6.45) is 3.68. The van der Waals surface area contributed by atoms with E-state index < -0.39 is 5.97 Å². The van der Waals surface area contributed by atoms with Gasteiger partial charge in [0.25, 0.3) is 0 Å². The molecule has 3 aromatic rings. The van der Waals surface area contributed by atoms with E-state index >= 15 is 0 Å². The van der Waals surface area contributed by atoms with Crippen LogP contribution in [0.2, 0.25) is 0 Å². The summed E-state index contributed by atoms with van der Waals surface area (Å²) in [7, 11) is 0. The van der Waals surface area contributed by atoms with Crippen molar-refractivity contribution in [1.29, 1.82) is 0 Å². The Balaban J connectivity index is 1.16. The second-order valence-electron chi connectivity index (χ2n) is 11.1. The highest BCUT2D eigenvalue weighted by atomic mass is 16.5. The van der Waals surface area contributed by atoms with Crippen LogP contribution in [0.15, 0.2) is 48.7 Å². The van der Waals surface area contributed by atoms with Crippen LogP contribution in [0.5, 0.6) is 5.88 Å². The zero-order valence-electron chi connectivity index (χ0n) is 20.5. The average Bonchev–Trinajstić information content (AvgIpc) is 3.39. The lowest BCUT2D eigenvalue weighted by Gasteiger charge is -2.38. The first kappa shape index (κ1) is 22.3. The molecular weight excluding hydrogens is 438 g/mol. The molecule has 0 unspecified atom stereocenters. The molecule has 180 valence electrons. The number of aryl methyl sites for hydroxylation is 2. The Hall–Kier alpha value is -3.18. The Morgan fingerprint density at radius 1 is 1.14 bits per heavy atom. The van der Waals surface area contributed by atoms with Crippen molar-refractivity contribution in [1.82, 2.24) is 4.98 Å². The number of rotatable bonds is 7. The number of hydrogen-bond donors (Lipinski definition) is 1. The maximum Gasteiger partial charge on any atom is 0.307 e. The van der Waals surface area contributed by atoms with E-state index in [0.29, 0.717) is 12.5 Å². The van der Waals surface area contributed by atoms with Crippen molar-refractivity contribution in [2.45, 2.75) is 46.1 Å². The number of fused-ring (bicyclic) bond motifs is 3. The van der Waals surface area contributed by atoms with Crippen LogP contribution in [0, 0.1) is 31.1 Å². The van der Waals surface area contributed by atoms with Crippen molar-refractivity contribution in [3.63, 3.8) is 0 Å². The standard InChI is InChI=1S/C30H31NO4/c1-17-7-20(12-30(3)15-34-16-30)8-18(2)26(17)21-6-4-5-19(9-21)14-35-25-11-22-10-23-27(24(22)13-31-25)28(23)29(32)33/h4-9,11,13,23,27-28H,10,12,14-16H2,1-3H3,(H,32,33)/t23-,27-,28+/m1/s1. The SMILES string of the molecule is Cc1cc(CC2(C)COC2)cc(C)c1-c1cccc(COc2cc3c(cn2)[C@H]2[C@@H](C3)[C@@H]2C(=O)O)c1. The van der Waals surface area contributed by atoms with E-state index in [1.54, 1.807) is 0 Å². The minimum absolute atomic E-state index is 0.142. The van der Waals surface area contributed by atoms with E-state index in [1.807, 2.05) is 12.3 Å². The predicted octanol–water partition coefficient (Wildman–Crippen LogP) is 5.49. The predicted molar refractivity (Wildman–Crippen MR) is 134 cm³/mol. The summed E-state index contributed by atoms with van der Waals surface area (Å²) in [4.78, 5) is 15.8. The van der Waals surface area contributed by atoms with Gasteiger partial charge in [0.15, 0.2) is 0 Å². The molecule has 1 saturated heterocycles. The second kappa shape index (κ2) is 8.20. The lowest BCUT2D eigenvalue weighted by atomic mass is 9.80. The van der Waals surface area contributed by atoms with Crippen molar-refractivity contribution in [2.24, 2.45) is 17.3 Å². The maximum atomic E-state index is 11.3. The molecule has 2 fully saturated rings. The third-order valence-electron chi connectivity index (χ3n) is 7.99. The number of nitrogens with zero attached hydrogens (tertiary/aromatic N) is 1. The average molecular weight is 470 g/mol. The van der Waals surface area contributed by atoms with Gasteiger partial charge in [0.1, 0.15) is 6.61 Å². The van der Waals surface area contributed by atoms with Gasteiger partial charge in [-0.1, -0.05) is 37.3 Å². The molecule has 1 aromatic heterocycles. The van der Waals surface area contributed by atoms with Crippen LogP contribution < -0.4 is 4.74 Å². The first-order valence-electron chi connectivity index (χ1n) is 12.4. The van der Waals surface area contributed by atoms with Crippen LogP contribution in [0.4, 0.5) is 0 Å². The highest BCUT2D eigenvalue weighted by Gasteiger charge is 2.59. The van der Waals surface area contributed by atoms with Gasteiger partial charge in [-0.15, -0.1) is 0 Å². The normalized spacial score (nSPS) is 23.2. The molecule has 6 rings (SSSR count). The third-order valence-corrected chi connectivity index (χ3v) is 7.99. The van der Waals surface area contributed by atoms with Gasteiger partial charge in [-0.3, -0.25) is 4.79 Å². The minimum atomic E-state index is -0.687. The number of hydrogen-bond acceptors (Lipinski definition) is 4. The molecule has 35 heavy (non-hydrogen) atoms. The van der Waals surface area contributed by atoms with Crippen molar-refractivity contribution in [3.8, 4) is 17.0 Å². The van der Waals surface area contributed by atoms with E-state index in [0.717, 1.165) is 37.2 Å². The summed E-state index contributed by atoms with van der Waals surface area (Å²) in [5.41, 5.74) is 10.1. The van der Waals surface area contributed by atoms with Gasteiger partial charge in [0, 0.05) is 23.6 Å². The highest BCUT2D eigenvalue weighted by Crippen LogP contribution is 2.61. The zero-order chi connectivity index (χ0) is 24.3. The lowest BCUT2D eigenvalue weighted by molar-refractivity contribution is -0.139. The summed E-state index contributed by atoms with van der Waals surface area (Å²) in [5, 5.41) is 9.31. The fourth-order valence-corrected chi connectivity index (χ4v) is 6.31. The van der Waals surface area contributed by atoms with E-state index in [4.69, 9.17) is 9.47 Å². The fraction of sp³-hybridized carbons (Fsp3) is 0.400. The first-order chi connectivity index (χ1) is 16.8. The minimum Gasteiger partial charge on any atom is -0.481 e. The molecular formula is C30H31NO4. The van der Waals surface area contributed by atoms with Crippen LogP contribution in [-0.2, 0) is 29.0 Å². The van der Waals surface area contributed by atoms with Crippen LogP contribution >= 0.6 is 0 Å². The monoisotopic (exact) mass is 469 g/mol. The number of carboxylic acids is 1. The number of aliphatic carboxylic acids is 1. The van der Waals surface area contributed by atoms with Crippen LogP contribution in [-0.4, -0.2) is 29.3 Å². The number of benzene rings is 2. The first-order valence-corrected chi connectivity index (χ1v) is 12.4. The Morgan fingerprint density at radius 2 is 1.91 bits per heavy atom. The fourth-order valence-electron chi connectivity index (χ4n) is 6.31. The molecule has 5 heteroatoms. The Morgan fingerprint density at radius 3 is 2.60 bits per heavy atom. The van der Waals surface area contributed by atoms with Gasteiger partial charge in [-0.05, 0) is 83.2 Å². The molecule has 1 saturated carbocycles. The highest BCUT2D eigenvalue weighted by molar-refractivity contribution is 5.77. The van der Waals surface area contributed by atoms with Crippen LogP contribution in [0.1, 0.15) is 46.2 Å². The summed E-state index contributed by atoms with van der Waals surface area (Å²) < 4.78 is 11.5. The van der Waals surface area contributed by atoms with Crippen molar-refractivity contribution >= 4 is 5.97 Å². The van der Waals surface area contributed by atoms with E-state index in [9.17, 15) is 9.90 Å². The van der Waals surface area contributed by atoms with Crippen LogP contribution in [0.3, 0.4) is 0 Å². The molecule has 0 spiro atoms. The molecule has 2 heterocycles. The topological polar surface area (TPSA) is 68.7 Å². The summed E-state index contributed by atoms with van der Waals surface area (Å²) in [5.74, 6) is 0.0679. The second-order valence-corrected chi connectivity index (χ2v) is 11.1. The molecule has 1 aliphatic heterocycles. The van der Waals surface area contributed by atoms with E-state index in [2.05, 4.69) is 62.2 Å². The lowest BCUT2D eigenvalue weighted by Crippen LogP contribution is -2.41. The van der Waals surface area contributed by atoms with Gasteiger partial charge >= 0.3 is 5.97 Å². The summed E-state index contributed by atoms with van der Waals surface area (Å²) in [6.45, 7) is 8.82. The number of aromatic nitrogens is 1. The van der Waals surface area contributed by atoms with Gasteiger partial charge in [-0.25, -0.2) is 4.98 Å². The number of carbonyl (C=O) groups is 1. The van der Waals surface area contributed by atoms with Gasteiger partial charge < -0.3 is 14.6 Å². The smallest absolute Gasteiger partial charge is 0.307 e. The Kier molecular flexibility index (Phi) is 5.22. The number of ether oxygens (including phenoxy) is 2. The van der Waals surface area contributed by atoms with Crippen molar-refractivity contribution in [2.75, 3.05) is 13.2 Å². The van der Waals surface area contributed by atoms with Gasteiger partial charge in [0.2, 0.25) is 5.88 Å². The molecule has 0 bridgehead atoms. The van der Waals surface area contributed by atoms with E-state index in [1.165, 1.54) is 33.4 Å². The van der Waals surface area contributed by atoms with Gasteiger partial charge in [0.05, 0.1) is 19.1 Å². The summed E-state index contributed by atoms with van der Waals surface area (Å²) in [6, 6.07) is 15.2. The molecule has 1 N–H and O–H groups in total. The molecule has 0 amide bonds. The number of pyridine rings is 1. The van der Waals surface area contributed by atoms with Crippen molar-refractivity contribution < 1.29 is 19.4 Å². The molecule has 3 atom stereocenters. The van der Waals surface area contributed by atoms with Gasteiger partial charge in [-0.2, -0.15) is 0 Å². The van der Waals surface area contributed by atoms with E-state index in [-0.39, 0.29) is 23.2 Å². The van der Waals surface area contributed by atoms with Crippen LogP contribution in [0.25, 0.3) is 11.1 Å². The molecule has 2 aromatic carbocycles. The summed E-state index contributed by atoms with van der Waals surface area (Å²) >= 11 is 0. The molecule has 5 nitrogen and oxygen atoms in total. The molecule has 3 aliphatic rings. The zero-order valence-corrected chi connectivity index (χ0v) is 20.5. The van der Waals surface area contributed by atoms with Crippen molar-refractivity contribution in [3.05, 3.63) is 82.0 Å². The number of carboxylic acid groups (broad SMARTS) is 1. The third kappa shape index (κ3) is 4.02.